The van der Waals surface area contributed by atoms with Gasteiger partial charge in [-0.3, -0.25) is 14.9 Å². The highest BCUT2D eigenvalue weighted by Gasteiger charge is 2.15. The van der Waals surface area contributed by atoms with Crippen LogP contribution < -0.4 is 10.2 Å². The average Bonchev–Trinajstić information content (AvgIpc) is 3.23. The van der Waals surface area contributed by atoms with Crippen LogP contribution in [-0.4, -0.2) is 17.0 Å². The van der Waals surface area contributed by atoms with Crippen LogP contribution in [0.3, 0.4) is 0 Å². The molecule has 3 aromatic carbocycles. The van der Waals surface area contributed by atoms with E-state index >= 15 is 0 Å². The summed E-state index contributed by atoms with van der Waals surface area (Å²) in [6, 6.07) is 18.2. The molecule has 0 spiro atoms. The Morgan fingerprint density at radius 3 is 2.52 bits per heavy atom. The third kappa shape index (κ3) is 5.31. The molecule has 0 aliphatic heterocycles. The van der Waals surface area contributed by atoms with Crippen LogP contribution in [0.25, 0.3) is 11.0 Å². The number of nitro benzene ring substituents is 1. The molecule has 4 rings (SSSR count). The van der Waals surface area contributed by atoms with Crippen molar-refractivity contribution in [2.75, 3.05) is 0 Å². The lowest BCUT2D eigenvalue weighted by Gasteiger charge is -2.10. The van der Waals surface area contributed by atoms with E-state index in [1.165, 1.54) is 30.5 Å². The summed E-state index contributed by atoms with van der Waals surface area (Å²) in [5.41, 5.74) is 4.09. The Bertz CT molecular complexity index is 1350. The summed E-state index contributed by atoms with van der Waals surface area (Å²) in [6.07, 6.45) is 1.37. The Labute approximate surface area is 197 Å². The first kappa shape index (κ1) is 22.3. The van der Waals surface area contributed by atoms with Gasteiger partial charge in [0, 0.05) is 17.5 Å². The zero-order valence-electron chi connectivity index (χ0n) is 16.8. The van der Waals surface area contributed by atoms with Gasteiger partial charge < -0.3 is 9.15 Å². The van der Waals surface area contributed by atoms with Gasteiger partial charge >= 0.3 is 5.91 Å². The SMILES string of the molecule is O=C(N/N=C\c1cc(Cl)c(OCc2ccccc2)c(Cl)c1)c1cc2cc([N+](=O)[O-])ccc2o1. The van der Waals surface area contributed by atoms with Gasteiger partial charge in [-0.05, 0) is 35.4 Å². The molecule has 1 amide bonds. The van der Waals surface area contributed by atoms with E-state index in [0.717, 1.165) is 5.56 Å². The second-order valence-electron chi connectivity index (χ2n) is 6.88. The number of carbonyl (C=O) groups excluding carboxylic acids is 1. The Balaban J connectivity index is 1.42. The maximum atomic E-state index is 12.3. The van der Waals surface area contributed by atoms with Gasteiger partial charge in [0.25, 0.3) is 5.69 Å². The number of nitrogens with zero attached hydrogens (tertiary/aromatic N) is 2. The van der Waals surface area contributed by atoms with Crippen LogP contribution in [0.1, 0.15) is 21.7 Å². The fourth-order valence-corrected chi connectivity index (χ4v) is 3.61. The second-order valence-corrected chi connectivity index (χ2v) is 7.69. The Morgan fingerprint density at radius 2 is 1.82 bits per heavy atom. The predicted molar refractivity (Wildman–Crippen MR) is 125 cm³/mol. The summed E-state index contributed by atoms with van der Waals surface area (Å²) in [5, 5.41) is 15.8. The molecule has 10 heteroatoms. The number of furan rings is 1. The van der Waals surface area contributed by atoms with Crippen molar-refractivity contribution >= 4 is 52.0 Å². The topological polar surface area (TPSA) is 107 Å². The molecule has 1 aromatic heterocycles. The molecule has 1 heterocycles. The standard InChI is InChI=1S/C23H15Cl2N3O5/c24-18-8-15(9-19(25)22(18)32-13-14-4-2-1-3-5-14)12-26-27-23(29)21-11-16-10-17(28(30)31)6-7-20(16)33-21/h1-12H,13H2,(H,27,29)/b26-12-. The number of nitro groups is 1. The van der Waals surface area contributed by atoms with Crippen LogP contribution in [0.5, 0.6) is 5.75 Å². The van der Waals surface area contributed by atoms with E-state index in [4.69, 9.17) is 32.4 Å². The van der Waals surface area contributed by atoms with Crippen molar-refractivity contribution in [3.63, 3.8) is 0 Å². The van der Waals surface area contributed by atoms with Crippen molar-refractivity contribution in [2.24, 2.45) is 5.10 Å². The number of carbonyl (C=O) groups is 1. The summed E-state index contributed by atoms with van der Waals surface area (Å²) in [7, 11) is 0. The van der Waals surface area contributed by atoms with Crippen molar-refractivity contribution in [3.8, 4) is 5.75 Å². The smallest absolute Gasteiger partial charge is 0.307 e. The van der Waals surface area contributed by atoms with Gasteiger partial charge in [0.1, 0.15) is 12.2 Å². The monoisotopic (exact) mass is 483 g/mol. The number of halogens is 2. The Kier molecular flexibility index (Phi) is 6.58. The molecule has 0 aliphatic rings. The molecule has 166 valence electrons. The minimum atomic E-state index is -0.620. The highest BCUT2D eigenvalue weighted by atomic mass is 35.5. The number of amides is 1. The average molecular weight is 484 g/mol. The summed E-state index contributed by atoms with van der Waals surface area (Å²) in [6.45, 7) is 0.310. The highest BCUT2D eigenvalue weighted by Crippen LogP contribution is 2.34. The zero-order valence-corrected chi connectivity index (χ0v) is 18.3. The molecular weight excluding hydrogens is 469 g/mol. The number of benzene rings is 3. The third-order valence-electron chi connectivity index (χ3n) is 4.56. The fraction of sp³-hybridized carbons (Fsp3) is 0.0435. The molecule has 1 N–H and O–H groups in total. The van der Waals surface area contributed by atoms with Gasteiger partial charge in [-0.25, -0.2) is 5.43 Å². The number of hydrogen-bond donors (Lipinski definition) is 1. The largest absolute Gasteiger partial charge is 0.486 e. The molecule has 33 heavy (non-hydrogen) atoms. The molecule has 0 unspecified atom stereocenters. The van der Waals surface area contributed by atoms with Crippen molar-refractivity contribution in [1.82, 2.24) is 5.43 Å². The van der Waals surface area contributed by atoms with Gasteiger partial charge in [0.15, 0.2) is 11.5 Å². The molecule has 0 saturated carbocycles. The van der Waals surface area contributed by atoms with Crippen molar-refractivity contribution in [3.05, 3.63) is 104 Å². The van der Waals surface area contributed by atoms with Gasteiger partial charge in [0.05, 0.1) is 21.2 Å². The van der Waals surface area contributed by atoms with E-state index < -0.39 is 10.8 Å². The number of hydrogen-bond acceptors (Lipinski definition) is 6. The molecule has 0 radical (unpaired) electrons. The first-order chi connectivity index (χ1) is 15.9. The Morgan fingerprint density at radius 1 is 1.09 bits per heavy atom. The van der Waals surface area contributed by atoms with Gasteiger partial charge in [-0.2, -0.15) is 5.10 Å². The summed E-state index contributed by atoms with van der Waals surface area (Å²) >= 11 is 12.6. The van der Waals surface area contributed by atoms with Crippen LogP contribution in [-0.2, 0) is 6.61 Å². The van der Waals surface area contributed by atoms with Crippen LogP contribution >= 0.6 is 23.2 Å². The first-order valence-corrected chi connectivity index (χ1v) is 10.3. The molecule has 0 bridgehead atoms. The summed E-state index contributed by atoms with van der Waals surface area (Å²) < 4.78 is 11.1. The maximum Gasteiger partial charge on any atom is 0.307 e. The van der Waals surface area contributed by atoms with Crippen LogP contribution in [0.15, 0.2) is 76.2 Å². The van der Waals surface area contributed by atoms with Gasteiger partial charge in [0.2, 0.25) is 0 Å². The van der Waals surface area contributed by atoms with Crippen LogP contribution in [0.4, 0.5) is 5.69 Å². The number of nitrogens with one attached hydrogen (secondary N) is 1. The van der Waals surface area contributed by atoms with E-state index in [9.17, 15) is 14.9 Å². The van der Waals surface area contributed by atoms with Crippen molar-refractivity contribution in [1.29, 1.82) is 0 Å². The van der Waals surface area contributed by atoms with Crippen LogP contribution in [0, 0.1) is 10.1 Å². The van der Waals surface area contributed by atoms with Gasteiger partial charge in [-0.1, -0.05) is 53.5 Å². The lowest BCUT2D eigenvalue weighted by molar-refractivity contribution is -0.384. The molecule has 0 fully saturated rings. The number of hydrazone groups is 1. The summed E-state index contributed by atoms with van der Waals surface area (Å²) in [4.78, 5) is 22.7. The highest BCUT2D eigenvalue weighted by molar-refractivity contribution is 6.37. The molecule has 4 aromatic rings. The lowest BCUT2D eigenvalue weighted by Crippen LogP contribution is -2.16. The van der Waals surface area contributed by atoms with Gasteiger partial charge in [-0.15, -0.1) is 0 Å². The fourth-order valence-electron chi connectivity index (χ4n) is 3.00. The third-order valence-corrected chi connectivity index (χ3v) is 5.12. The Hall–Kier alpha value is -3.88. The second kappa shape index (κ2) is 9.72. The number of ether oxygens (including phenoxy) is 1. The van der Waals surface area contributed by atoms with Crippen molar-refractivity contribution < 1.29 is 18.9 Å². The van der Waals surface area contributed by atoms with E-state index in [2.05, 4.69) is 10.5 Å². The molecular formula is C23H15Cl2N3O5. The maximum absolute atomic E-state index is 12.3. The number of non-ortho nitro benzene ring substituents is 1. The van der Waals surface area contributed by atoms with E-state index in [1.807, 2.05) is 30.3 Å². The lowest BCUT2D eigenvalue weighted by atomic mass is 10.2. The zero-order chi connectivity index (χ0) is 23.4. The molecule has 0 saturated heterocycles. The molecule has 0 aliphatic carbocycles. The van der Waals surface area contributed by atoms with E-state index in [1.54, 1.807) is 12.1 Å². The van der Waals surface area contributed by atoms with E-state index in [0.29, 0.717) is 38.9 Å². The number of rotatable bonds is 7. The minimum Gasteiger partial charge on any atom is -0.486 e. The number of fused-ring (bicyclic) bond motifs is 1. The molecule has 0 atom stereocenters. The molecule has 8 nitrogen and oxygen atoms in total. The summed E-state index contributed by atoms with van der Waals surface area (Å²) in [5.74, 6) is -0.312. The first-order valence-electron chi connectivity index (χ1n) is 9.58. The van der Waals surface area contributed by atoms with Crippen LogP contribution in [0.2, 0.25) is 10.0 Å². The van der Waals surface area contributed by atoms with Crippen molar-refractivity contribution in [2.45, 2.75) is 6.61 Å². The normalized spacial score (nSPS) is 11.1. The predicted octanol–water partition coefficient (Wildman–Crippen LogP) is 5.99. The van der Waals surface area contributed by atoms with E-state index in [-0.39, 0.29) is 11.4 Å². The quantitative estimate of drug-likeness (QED) is 0.197. The minimum absolute atomic E-state index is 0.0385.